The fourth-order valence-corrected chi connectivity index (χ4v) is 3.20. The normalized spacial score (nSPS) is 32.1. The third-order valence-corrected chi connectivity index (χ3v) is 4.09. The minimum absolute atomic E-state index is 0.356. The van der Waals surface area contributed by atoms with Crippen LogP contribution in [0, 0.1) is 5.92 Å². The molecular weight excluding hydrogens is 200 g/mol. The number of piperidine rings is 1. The van der Waals surface area contributed by atoms with Gasteiger partial charge < -0.3 is 15.3 Å². The zero-order valence-corrected chi connectivity index (χ0v) is 10.3. The number of aliphatic hydroxyl groups excluding tert-OH is 1. The van der Waals surface area contributed by atoms with E-state index in [1.807, 2.05) is 0 Å². The highest BCUT2D eigenvalue weighted by atomic mass is 16.2. The Morgan fingerprint density at radius 1 is 1.25 bits per heavy atom. The van der Waals surface area contributed by atoms with E-state index in [1.54, 1.807) is 0 Å². The van der Waals surface area contributed by atoms with Crippen LogP contribution in [0.4, 0.5) is 0 Å². The van der Waals surface area contributed by atoms with Crippen molar-refractivity contribution < 1.29 is 5.11 Å². The lowest BCUT2D eigenvalue weighted by molar-refractivity contribution is 0.177. The van der Waals surface area contributed by atoms with Crippen molar-refractivity contribution >= 4 is 0 Å². The summed E-state index contributed by atoms with van der Waals surface area (Å²) in [7, 11) is 0. The number of aliphatic hydroxyl groups is 1. The van der Waals surface area contributed by atoms with E-state index < -0.39 is 0 Å². The van der Waals surface area contributed by atoms with Crippen molar-refractivity contribution in [2.75, 3.05) is 32.8 Å². The summed E-state index contributed by atoms with van der Waals surface area (Å²) >= 11 is 0. The van der Waals surface area contributed by atoms with Crippen LogP contribution >= 0.6 is 0 Å². The van der Waals surface area contributed by atoms with Crippen molar-refractivity contribution in [3.63, 3.8) is 0 Å². The first-order chi connectivity index (χ1) is 7.90. The predicted octanol–water partition coefficient (Wildman–Crippen LogP) is 1.22. The van der Waals surface area contributed by atoms with Crippen LogP contribution in [0.1, 0.15) is 38.5 Å². The molecule has 3 heteroatoms. The summed E-state index contributed by atoms with van der Waals surface area (Å²) in [6.07, 6.45) is 7.62. The first-order valence-electron chi connectivity index (χ1n) is 6.96. The van der Waals surface area contributed by atoms with E-state index >= 15 is 0 Å². The maximum absolute atomic E-state index is 8.91. The molecule has 16 heavy (non-hydrogen) atoms. The van der Waals surface area contributed by atoms with Crippen molar-refractivity contribution in [3.8, 4) is 0 Å². The molecule has 0 aromatic heterocycles. The molecule has 0 amide bonds. The number of rotatable bonds is 5. The van der Waals surface area contributed by atoms with Crippen molar-refractivity contribution in [2.24, 2.45) is 5.92 Å². The van der Waals surface area contributed by atoms with E-state index in [-0.39, 0.29) is 0 Å². The summed E-state index contributed by atoms with van der Waals surface area (Å²) < 4.78 is 0. The van der Waals surface area contributed by atoms with Gasteiger partial charge in [0.2, 0.25) is 0 Å². The summed E-state index contributed by atoms with van der Waals surface area (Å²) in [4.78, 5) is 2.67. The zero-order valence-electron chi connectivity index (χ0n) is 10.3. The average Bonchev–Trinajstić information content (AvgIpc) is 2.75. The van der Waals surface area contributed by atoms with Gasteiger partial charge in [-0.15, -0.1) is 0 Å². The second kappa shape index (κ2) is 6.58. The number of hydrogen-bond donors (Lipinski definition) is 2. The first-order valence-corrected chi connectivity index (χ1v) is 6.96. The van der Waals surface area contributed by atoms with E-state index in [2.05, 4.69) is 10.2 Å². The molecule has 3 nitrogen and oxygen atoms in total. The molecule has 2 N–H and O–H groups in total. The molecule has 2 saturated heterocycles. The minimum atomic E-state index is 0.356. The Kier molecular flexibility index (Phi) is 5.07. The van der Waals surface area contributed by atoms with Gasteiger partial charge in [-0.3, -0.25) is 0 Å². The summed E-state index contributed by atoms with van der Waals surface area (Å²) in [5.74, 6) is 0.864. The molecule has 2 rings (SSSR count). The zero-order chi connectivity index (χ0) is 11.2. The minimum Gasteiger partial charge on any atom is -0.396 e. The largest absolute Gasteiger partial charge is 0.396 e. The van der Waals surface area contributed by atoms with Gasteiger partial charge in [0.05, 0.1) is 0 Å². The van der Waals surface area contributed by atoms with E-state index in [0.717, 1.165) is 18.4 Å². The Balaban J connectivity index is 1.73. The molecule has 2 atom stereocenters. The van der Waals surface area contributed by atoms with Gasteiger partial charge in [-0.25, -0.2) is 0 Å². The molecule has 0 radical (unpaired) electrons. The molecule has 2 unspecified atom stereocenters. The fraction of sp³-hybridized carbons (Fsp3) is 1.00. The van der Waals surface area contributed by atoms with Gasteiger partial charge in [0.25, 0.3) is 0 Å². The van der Waals surface area contributed by atoms with Crippen molar-refractivity contribution in [1.82, 2.24) is 10.2 Å². The predicted molar refractivity (Wildman–Crippen MR) is 66.5 cm³/mol. The van der Waals surface area contributed by atoms with Crippen LogP contribution in [0.2, 0.25) is 0 Å². The second-order valence-electron chi connectivity index (χ2n) is 5.37. The number of nitrogens with zero attached hydrogens (tertiary/aromatic N) is 1. The van der Waals surface area contributed by atoms with Crippen LogP contribution in [0.15, 0.2) is 0 Å². The molecule has 2 heterocycles. The van der Waals surface area contributed by atoms with E-state index in [4.69, 9.17) is 5.11 Å². The Bertz CT molecular complexity index is 192. The van der Waals surface area contributed by atoms with Gasteiger partial charge in [-0.2, -0.15) is 0 Å². The van der Waals surface area contributed by atoms with Gasteiger partial charge in [0.15, 0.2) is 0 Å². The number of nitrogens with one attached hydrogen (secondary N) is 1. The maximum Gasteiger partial charge on any atom is 0.0431 e. The summed E-state index contributed by atoms with van der Waals surface area (Å²) in [5.41, 5.74) is 0. The molecule has 2 fully saturated rings. The summed E-state index contributed by atoms with van der Waals surface area (Å²) in [6.45, 7) is 5.35. The van der Waals surface area contributed by atoms with Crippen LogP contribution in [0.5, 0.6) is 0 Å². The Morgan fingerprint density at radius 2 is 2.19 bits per heavy atom. The van der Waals surface area contributed by atoms with E-state index in [0.29, 0.717) is 6.61 Å². The fourth-order valence-electron chi connectivity index (χ4n) is 3.20. The van der Waals surface area contributed by atoms with Crippen LogP contribution in [0.25, 0.3) is 0 Å². The molecule has 94 valence electrons. The lowest BCUT2D eigenvalue weighted by atomic mass is 9.98. The Hall–Kier alpha value is -0.120. The number of hydrogen-bond acceptors (Lipinski definition) is 3. The lowest BCUT2D eigenvalue weighted by Gasteiger charge is -2.31. The highest BCUT2D eigenvalue weighted by Crippen LogP contribution is 2.23. The first kappa shape index (κ1) is 12.3. The van der Waals surface area contributed by atoms with Crippen LogP contribution in [0.3, 0.4) is 0 Å². The van der Waals surface area contributed by atoms with E-state index in [1.165, 1.54) is 58.3 Å². The Labute approximate surface area is 99.2 Å². The van der Waals surface area contributed by atoms with Crippen molar-refractivity contribution in [1.29, 1.82) is 0 Å². The van der Waals surface area contributed by atoms with Gasteiger partial charge in [-0.1, -0.05) is 0 Å². The van der Waals surface area contributed by atoms with Crippen LogP contribution in [-0.2, 0) is 0 Å². The molecule has 0 bridgehead atoms. The quantitative estimate of drug-likeness (QED) is 0.740. The van der Waals surface area contributed by atoms with Gasteiger partial charge in [-0.05, 0) is 64.1 Å². The molecule has 0 spiro atoms. The van der Waals surface area contributed by atoms with Gasteiger partial charge in [0.1, 0.15) is 0 Å². The molecule has 0 aromatic rings. The van der Waals surface area contributed by atoms with Crippen LogP contribution in [-0.4, -0.2) is 48.8 Å². The highest BCUT2D eigenvalue weighted by molar-refractivity contribution is 4.82. The molecule has 0 aliphatic carbocycles. The highest BCUT2D eigenvalue weighted by Gasteiger charge is 2.26. The van der Waals surface area contributed by atoms with Crippen molar-refractivity contribution in [3.05, 3.63) is 0 Å². The second-order valence-corrected chi connectivity index (χ2v) is 5.37. The van der Waals surface area contributed by atoms with E-state index in [9.17, 15) is 0 Å². The third-order valence-electron chi connectivity index (χ3n) is 4.09. The molecule has 0 aromatic carbocycles. The summed E-state index contributed by atoms with van der Waals surface area (Å²) in [6, 6.07) is 0.758. The third kappa shape index (κ3) is 3.44. The molecule has 2 aliphatic heterocycles. The lowest BCUT2D eigenvalue weighted by Crippen LogP contribution is -2.40. The molecule has 0 saturated carbocycles. The number of likely N-dealkylation sites (tertiary alicyclic amines) is 1. The van der Waals surface area contributed by atoms with Crippen LogP contribution < -0.4 is 5.32 Å². The Morgan fingerprint density at radius 3 is 2.94 bits per heavy atom. The van der Waals surface area contributed by atoms with Crippen molar-refractivity contribution in [2.45, 2.75) is 44.6 Å². The van der Waals surface area contributed by atoms with Gasteiger partial charge >= 0.3 is 0 Å². The maximum atomic E-state index is 8.91. The summed E-state index contributed by atoms with van der Waals surface area (Å²) in [5, 5.41) is 12.4. The molecule has 2 aliphatic rings. The smallest absolute Gasteiger partial charge is 0.0431 e. The topological polar surface area (TPSA) is 35.5 Å². The average molecular weight is 226 g/mol. The SMILES string of the molecule is OCCCC1CCCN1CC1CCCNC1. The van der Waals surface area contributed by atoms with Gasteiger partial charge in [0, 0.05) is 19.2 Å². The molecular formula is C13H26N2O. The standard InChI is InChI=1S/C13H26N2O/c16-9-3-6-13-5-2-8-15(13)11-12-4-1-7-14-10-12/h12-14,16H,1-11H2. The monoisotopic (exact) mass is 226 g/mol.